The van der Waals surface area contributed by atoms with Crippen molar-refractivity contribution in [3.05, 3.63) is 0 Å². The van der Waals surface area contributed by atoms with Crippen molar-refractivity contribution < 1.29 is 24.2 Å². The van der Waals surface area contributed by atoms with Crippen molar-refractivity contribution in [1.82, 2.24) is 0 Å². The first-order valence-electron chi connectivity index (χ1n) is 8.20. The third kappa shape index (κ3) is 3.96. The second-order valence-electron chi connectivity index (χ2n) is 6.12. The lowest BCUT2D eigenvalue weighted by atomic mass is 9.79. The lowest BCUT2D eigenvalue weighted by Gasteiger charge is -2.23. The minimum Gasteiger partial charge on any atom is -0.481 e. The predicted octanol–water partition coefficient (Wildman–Crippen LogP) is 2.77. The number of unbranched alkanes of at least 4 members (excludes halogenated alkanes) is 5. The first-order valence-corrected chi connectivity index (χ1v) is 8.20. The fourth-order valence-corrected chi connectivity index (χ4v) is 3.44. The van der Waals surface area contributed by atoms with Crippen molar-refractivity contribution >= 4 is 11.9 Å². The fourth-order valence-electron chi connectivity index (χ4n) is 3.44. The first-order chi connectivity index (χ1) is 10.1. The van der Waals surface area contributed by atoms with Crippen molar-refractivity contribution in [1.29, 1.82) is 0 Å². The van der Waals surface area contributed by atoms with E-state index in [9.17, 15) is 14.7 Å². The Bertz CT molecular complexity index is 368. The topological polar surface area (TPSA) is 72.8 Å². The van der Waals surface area contributed by atoms with E-state index in [-0.39, 0.29) is 18.2 Å². The van der Waals surface area contributed by atoms with Gasteiger partial charge in [0, 0.05) is 0 Å². The Morgan fingerprint density at radius 3 is 2.33 bits per heavy atom. The van der Waals surface area contributed by atoms with Crippen LogP contribution >= 0.6 is 0 Å². The largest absolute Gasteiger partial charge is 0.481 e. The highest BCUT2D eigenvalue weighted by atomic mass is 16.5. The van der Waals surface area contributed by atoms with Crippen molar-refractivity contribution in [3.63, 3.8) is 0 Å². The number of hydrogen-bond acceptors (Lipinski definition) is 4. The van der Waals surface area contributed by atoms with Crippen LogP contribution in [-0.2, 0) is 19.1 Å². The molecule has 0 aliphatic carbocycles. The molecule has 0 amide bonds. The van der Waals surface area contributed by atoms with E-state index in [0.29, 0.717) is 6.61 Å². The lowest BCUT2D eigenvalue weighted by Crippen LogP contribution is -2.39. The maximum Gasteiger partial charge on any atom is 0.312 e. The maximum atomic E-state index is 12.1. The van der Waals surface area contributed by atoms with Gasteiger partial charge in [0.1, 0.15) is 0 Å². The van der Waals surface area contributed by atoms with Gasteiger partial charge in [0.25, 0.3) is 0 Å². The summed E-state index contributed by atoms with van der Waals surface area (Å²) in [6.07, 6.45) is 7.73. The summed E-state index contributed by atoms with van der Waals surface area (Å²) in [7, 11) is 0. The van der Waals surface area contributed by atoms with Crippen LogP contribution in [0.1, 0.15) is 58.3 Å². The number of carboxylic acids is 1. The fraction of sp³-hybridized carbons (Fsp3) is 0.875. The van der Waals surface area contributed by atoms with Gasteiger partial charge in [-0.15, -0.1) is 0 Å². The molecule has 4 unspecified atom stereocenters. The molecule has 0 spiro atoms. The molecule has 120 valence electrons. The average Bonchev–Trinajstić information content (AvgIpc) is 3.06. The number of carboxylic acid groups (broad SMARTS) is 1. The highest BCUT2D eigenvalue weighted by Crippen LogP contribution is 2.44. The van der Waals surface area contributed by atoms with Crippen LogP contribution in [0.2, 0.25) is 0 Å². The summed E-state index contributed by atoms with van der Waals surface area (Å²) in [4.78, 5) is 23.4. The molecular weight excluding hydrogens is 272 g/mol. The number of ether oxygens (including phenoxy) is 2. The Hall–Kier alpha value is -1.10. The van der Waals surface area contributed by atoms with E-state index in [0.717, 1.165) is 25.7 Å². The Morgan fingerprint density at radius 2 is 1.67 bits per heavy atom. The summed E-state index contributed by atoms with van der Waals surface area (Å²) in [5.41, 5.74) is 0. The normalized spacial score (nSPS) is 30.5. The number of esters is 1. The van der Waals surface area contributed by atoms with Crippen LogP contribution in [0.15, 0.2) is 0 Å². The zero-order valence-corrected chi connectivity index (χ0v) is 12.8. The number of rotatable bonds is 9. The molecule has 4 atom stereocenters. The van der Waals surface area contributed by atoms with Crippen molar-refractivity contribution in [2.24, 2.45) is 11.8 Å². The zero-order chi connectivity index (χ0) is 15.2. The summed E-state index contributed by atoms with van der Waals surface area (Å²) >= 11 is 0. The van der Waals surface area contributed by atoms with Crippen LogP contribution in [0, 0.1) is 11.8 Å². The molecule has 2 aliphatic heterocycles. The molecule has 2 fully saturated rings. The molecule has 2 heterocycles. The highest BCUT2D eigenvalue weighted by molar-refractivity contribution is 5.83. The van der Waals surface area contributed by atoms with Crippen molar-refractivity contribution in [3.8, 4) is 0 Å². The molecule has 2 bridgehead atoms. The summed E-state index contributed by atoms with van der Waals surface area (Å²) in [6, 6.07) is 0. The van der Waals surface area contributed by atoms with E-state index in [1.165, 1.54) is 25.7 Å². The van der Waals surface area contributed by atoms with Gasteiger partial charge in [-0.1, -0.05) is 39.0 Å². The number of carbonyl (C=O) groups is 2. The Labute approximate surface area is 126 Å². The van der Waals surface area contributed by atoms with Crippen LogP contribution < -0.4 is 0 Å². The SMILES string of the molecule is CCCCCCCCOC(=O)C1C2CCC(O2)C1C(=O)O. The van der Waals surface area contributed by atoms with Gasteiger partial charge in [-0.2, -0.15) is 0 Å². The van der Waals surface area contributed by atoms with E-state index < -0.39 is 17.8 Å². The highest BCUT2D eigenvalue weighted by Gasteiger charge is 2.56. The van der Waals surface area contributed by atoms with Crippen LogP contribution in [0.25, 0.3) is 0 Å². The number of aliphatic carboxylic acids is 1. The maximum absolute atomic E-state index is 12.1. The molecule has 1 N–H and O–H groups in total. The predicted molar refractivity (Wildman–Crippen MR) is 76.8 cm³/mol. The van der Waals surface area contributed by atoms with Crippen LogP contribution in [0.5, 0.6) is 0 Å². The number of carbonyl (C=O) groups excluding carboxylic acids is 1. The Morgan fingerprint density at radius 1 is 1.05 bits per heavy atom. The molecule has 21 heavy (non-hydrogen) atoms. The molecule has 2 rings (SSSR count). The molecule has 0 radical (unpaired) electrons. The molecule has 0 aromatic carbocycles. The molecule has 2 aliphatic rings. The first kappa shape index (κ1) is 16.3. The Balaban J connectivity index is 1.69. The lowest BCUT2D eigenvalue weighted by molar-refractivity contribution is -0.158. The van der Waals surface area contributed by atoms with E-state index >= 15 is 0 Å². The zero-order valence-electron chi connectivity index (χ0n) is 12.8. The van der Waals surface area contributed by atoms with Crippen LogP contribution in [0.4, 0.5) is 0 Å². The van der Waals surface area contributed by atoms with E-state index in [2.05, 4.69) is 6.92 Å². The molecule has 5 heteroatoms. The average molecular weight is 298 g/mol. The monoisotopic (exact) mass is 298 g/mol. The minimum atomic E-state index is -0.941. The van der Waals surface area contributed by atoms with Crippen LogP contribution in [0.3, 0.4) is 0 Å². The number of hydrogen-bond donors (Lipinski definition) is 1. The minimum absolute atomic E-state index is 0.256. The quantitative estimate of drug-likeness (QED) is 0.523. The van der Waals surface area contributed by atoms with E-state index in [1.54, 1.807) is 0 Å². The van der Waals surface area contributed by atoms with Crippen LogP contribution in [-0.4, -0.2) is 35.9 Å². The summed E-state index contributed by atoms with van der Waals surface area (Å²) in [5, 5.41) is 9.26. The second kappa shape index (κ2) is 7.78. The third-order valence-corrected chi connectivity index (χ3v) is 4.57. The standard InChI is InChI=1S/C16H26O5/c1-2-3-4-5-6-7-10-20-16(19)14-12-9-8-11(21-12)13(14)15(17)18/h11-14H,2-10H2,1H3,(H,17,18). The second-order valence-corrected chi connectivity index (χ2v) is 6.12. The van der Waals surface area contributed by atoms with Gasteiger partial charge in [-0.25, -0.2) is 0 Å². The van der Waals surface area contributed by atoms with Gasteiger partial charge in [-0.05, 0) is 19.3 Å². The summed E-state index contributed by atoms with van der Waals surface area (Å²) in [5.74, 6) is -2.66. The van der Waals surface area contributed by atoms with Gasteiger partial charge in [0.15, 0.2) is 0 Å². The molecular formula is C16H26O5. The molecule has 2 saturated heterocycles. The van der Waals surface area contributed by atoms with Gasteiger partial charge in [0.05, 0.1) is 30.7 Å². The Kier molecular flexibility index (Phi) is 6.03. The van der Waals surface area contributed by atoms with Crippen molar-refractivity contribution in [2.45, 2.75) is 70.5 Å². The summed E-state index contributed by atoms with van der Waals surface area (Å²) < 4.78 is 10.9. The molecule has 5 nitrogen and oxygen atoms in total. The number of fused-ring (bicyclic) bond motifs is 2. The van der Waals surface area contributed by atoms with Gasteiger partial charge >= 0.3 is 11.9 Å². The van der Waals surface area contributed by atoms with Crippen molar-refractivity contribution in [2.75, 3.05) is 6.61 Å². The summed E-state index contributed by atoms with van der Waals surface area (Å²) in [6.45, 7) is 2.57. The van der Waals surface area contributed by atoms with E-state index in [1.807, 2.05) is 0 Å². The molecule has 0 aromatic heterocycles. The van der Waals surface area contributed by atoms with E-state index in [4.69, 9.17) is 9.47 Å². The van der Waals surface area contributed by atoms with Gasteiger partial charge < -0.3 is 14.6 Å². The van der Waals surface area contributed by atoms with Gasteiger partial charge in [0.2, 0.25) is 0 Å². The molecule has 0 saturated carbocycles. The van der Waals surface area contributed by atoms with Gasteiger partial charge in [-0.3, -0.25) is 9.59 Å². The molecule has 0 aromatic rings. The smallest absolute Gasteiger partial charge is 0.312 e. The third-order valence-electron chi connectivity index (χ3n) is 4.57.